The lowest BCUT2D eigenvalue weighted by atomic mass is 10.1. The minimum atomic E-state index is -0.557. The maximum absolute atomic E-state index is 12.0. The Hall–Kier alpha value is -2.60. The lowest BCUT2D eigenvalue weighted by Crippen LogP contribution is -2.26. The number of carbonyl (C=O) groups is 1. The molecule has 2 aromatic carbocycles. The van der Waals surface area contributed by atoms with Crippen LogP contribution in [0.5, 0.6) is 0 Å². The van der Waals surface area contributed by atoms with Crippen molar-refractivity contribution in [2.24, 2.45) is 0 Å². The van der Waals surface area contributed by atoms with Crippen LogP contribution in [0.25, 0.3) is 0 Å². The molecule has 114 valence electrons. The summed E-state index contributed by atoms with van der Waals surface area (Å²) >= 11 is 5.80. The summed E-state index contributed by atoms with van der Waals surface area (Å²) in [7, 11) is 0. The smallest absolute Gasteiger partial charge is 0.271 e. The average Bonchev–Trinajstić information content (AvgIpc) is 2.49. The molecule has 0 aliphatic carbocycles. The summed E-state index contributed by atoms with van der Waals surface area (Å²) in [6, 6.07) is 11.1. The molecule has 0 fully saturated rings. The zero-order valence-electron chi connectivity index (χ0n) is 11.6. The van der Waals surface area contributed by atoms with Gasteiger partial charge in [0.15, 0.2) is 0 Å². The lowest BCUT2D eigenvalue weighted by Gasteiger charge is -2.07. The normalized spacial score (nSPS) is 10.2. The fourth-order valence-electron chi connectivity index (χ4n) is 1.94. The Balaban J connectivity index is 1.95. The molecule has 0 spiro atoms. The summed E-state index contributed by atoms with van der Waals surface area (Å²) in [5, 5.41) is 14.0. The van der Waals surface area contributed by atoms with Crippen molar-refractivity contribution in [2.75, 3.05) is 12.3 Å². The van der Waals surface area contributed by atoms with E-state index in [1.165, 1.54) is 18.2 Å². The molecule has 3 N–H and O–H groups in total. The number of carbonyl (C=O) groups excluding carboxylic acids is 1. The zero-order chi connectivity index (χ0) is 16.1. The number of anilines is 1. The standard InChI is InChI=1S/C15H14ClN3O3/c16-11-3-1-10(2-4-11)7-8-18-15(20)13-6-5-12(19(21)22)9-14(13)17/h1-6,9H,7-8,17H2,(H,18,20). The van der Waals surface area contributed by atoms with Gasteiger partial charge in [0.2, 0.25) is 0 Å². The number of non-ortho nitro benzene ring substituents is 1. The Morgan fingerprint density at radius 3 is 2.50 bits per heavy atom. The topological polar surface area (TPSA) is 98.3 Å². The van der Waals surface area contributed by atoms with Crippen LogP contribution in [0.15, 0.2) is 42.5 Å². The van der Waals surface area contributed by atoms with Crippen molar-refractivity contribution in [3.63, 3.8) is 0 Å². The molecule has 0 saturated carbocycles. The Bertz CT molecular complexity index is 702. The molecule has 0 unspecified atom stereocenters. The third kappa shape index (κ3) is 3.95. The third-order valence-corrected chi connectivity index (χ3v) is 3.36. The second-order valence-corrected chi connectivity index (χ2v) is 5.10. The van der Waals surface area contributed by atoms with Crippen LogP contribution in [0.1, 0.15) is 15.9 Å². The first-order valence-electron chi connectivity index (χ1n) is 6.54. The summed E-state index contributed by atoms with van der Waals surface area (Å²) in [6.45, 7) is 0.427. The zero-order valence-corrected chi connectivity index (χ0v) is 12.3. The van der Waals surface area contributed by atoms with Gasteiger partial charge in [-0.25, -0.2) is 0 Å². The molecule has 2 aromatic rings. The number of amides is 1. The number of nitrogen functional groups attached to an aromatic ring is 1. The number of nitrogens with two attached hydrogens (primary N) is 1. The fraction of sp³-hybridized carbons (Fsp3) is 0.133. The van der Waals surface area contributed by atoms with E-state index in [1.54, 1.807) is 12.1 Å². The number of nitro benzene ring substituents is 1. The van der Waals surface area contributed by atoms with E-state index in [-0.39, 0.29) is 22.8 Å². The first-order chi connectivity index (χ1) is 10.5. The maximum Gasteiger partial charge on any atom is 0.271 e. The van der Waals surface area contributed by atoms with Crippen molar-refractivity contribution < 1.29 is 9.72 Å². The molecule has 0 saturated heterocycles. The minimum absolute atomic E-state index is 0.0817. The predicted octanol–water partition coefficient (Wildman–Crippen LogP) is 2.80. The van der Waals surface area contributed by atoms with Crippen LogP contribution in [-0.2, 0) is 6.42 Å². The van der Waals surface area contributed by atoms with Gasteiger partial charge in [-0.2, -0.15) is 0 Å². The first-order valence-corrected chi connectivity index (χ1v) is 6.92. The molecule has 0 atom stereocenters. The van der Waals surface area contributed by atoms with Gasteiger partial charge in [0.05, 0.1) is 16.2 Å². The molecule has 0 aromatic heterocycles. The molecule has 0 bridgehead atoms. The van der Waals surface area contributed by atoms with Gasteiger partial charge in [0, 0.05) is 23.7 Å². The van der Waals surface area contributed by atoms with Crippen LogP contribution in [0.2, 0.25) is 5.02 Å². The van der Waals surface area contributed by atoms with Crippen LogP contribution >= 0.6 is 11.6 Å². The number of nitrogens with one attached hydrogen (secondary N) is 1. The molecule has 0 aliphatic rings. The van der Waals surface area contributed by atoms with E-state index in [4.69, 9.17) is 17.3 Å². The van der Waals surface area contributed by atoms with Crippen LogP contribution in [0.3, 0.4) is 0 Å². The number of rotatable bonds is 5. The van der Waals surface area contributed by atoms with Crippen molar-refractivity contribution in [3.05, 3.63) is 68.7 Å². The van der Waals surface area contributed by atoms with Gasteiger partial charge in [-0.15, -0.1) is 0 Å². The average molecular weight is 320 g/mol. The highest BCUT2D eigenvalue weighted by atomic mass is 35.5. The summed E-state index contributed by atoms with van der Waals surface area (Å²) < 4.78 is 0. The van der Waals surface area contributed by atoms with E-state index in [9.17, 15) is 14.9 Å². The molecule has 22 heavy (non-hydrogen) atoms. The quantitative estimate of drug-likeness (QED) is 0.503. The van der Waals surface area contributed by atoms with Crippen LogP contribution in [0, 0.1) is 10.1 Å². The molecule has 2 rings (SSSR count). The Labute approximate surface area is 132 Å². The van der Waals surface area contributed by atoms with E-state index in [0.717, 1.165) is 5.56 Å². The van der Waals surface area contributed by atoms with Crippen molar-refractivity contribution in [2.45, 2.75) is 6.42 Å². The molecular weight excluding hydrogens is 306 g/mol. The summed E-state index contributed by atoms with van der Waals surface area (Å²) in [5.74, 6) is -0.360. The van der Waals surface area contributed by atoms with Crippen molar-refractivity contribution in [3.8, 4) is 0 Å². The van der Waals surface area contributed by atoms with Gasteiger partial charge in [0.1, 0.15) is 0 Å². The number of halogens is 1. The molecule has 0 aliphatic heterocycles. The van der Waals surface area contributed by atoms with E-state index < -0.39 is 4.92 Å². The number of nitro groups is 1. The monoisotopic (exact) mass is 319 g/mol. The van der Waals surface area contributed by atoms with Gasteiger partial charge in [-0.05, 0) is 30.2 Å². The third-order valence-electron chi connectivity index (χ3n) is 3.10. The number of hydrogen-bond donors (Lipinski definition) is 2. The second kappa shape index (κ2) is 6.91. The summed E-state index contributed by atoms with van der Waals surface area (Å²) in [4.78, 5) is 22.1. The van der Waals surface area contributed by atoms with Crippen molar-refractivity contribution in [1.82, 2.24) is 5.32 Å². The van der Waals surface area contributed by atoms with Gasteiger partial charge in [-0.3, -0.25) is 14.9 Å². The molecule has 6 nitrogen and oxygen atoms in total. The predicted molar refractivity (Wildman–Crippen MR) is 85.0 cm³/mol. The highest BCUT2D eigenvalue weighted by Crippen LogP contribution is 2.19. The number of nitrogens with zero attached hydrogens (tertiary/aromatic N) is 1. The first kappa shape index (κ1) is 15.8. The Morgan fingerprint density at radius 2 is 1.91 bits per heavy atom. The molecular formula is C15H14ClN3O3. The summed E-state index contributed by atoms with van der Waals surface area (Å²) in [5.41, 5.74) is 6.88. The molecule has 1 amide bonds. The van der Waals surface area contributed by atoms with Crippen molar-refractivity contribution >= 4 is 28.9 Å². The van der Waals surface area contributed by atoms with Crippen LogP contribution in [0.4, 0.5) is 11.4 Å². The molecule has 0 heterocycles. The molecule has 7 heteroatoms. The number of benzene rings is 2. The van der Waals surface area contributed by atoms with Gasteiger partial charge in [0.25, 0.3) is 11.6 Å². The SMILES string of the molecule is Nc1cc([N+](=O)[O-])ccc1C(=O)NCCc1ccc(Cl)cc1. The van der Waals surface area contributed by atoms with E-state index in [2.05, 4.69) is 5.32 Å². The Kier molecular flexibility index (Phi) is 4.95. The Morgan fingerprint density at radius 1 is 1.23 bits per heavy atom. The van der Waals surface area contributed by atoms with Crippen LogP contribution < -0.4 is 11.1 Å². The highest BCUT2D eigenvalue weighted by molar-refractivity contribution is 6.30. The van der Waals surface area contributed by atoms with Crippen molar-refractivity contribution in [1.29, 1.82) is 0 Å². The largest absolute Gasteiger partial charge is 0.398 e. The number of hydrogen-bond acceptors (Lipinski definition) is 4. The van der Waals surface area contributed by atoms with Gasteiger partial charge < -0.3 is 11.1 Å². The lowest BCUT2D eigenvalue weighted by molar-refractivity contribution is -0.384. The van der Waals surface area contributed by atoms with E-state index in [1.807, 2.05) is 12.1 Å². The maximum atomic E-state index is 12.0. The second-order valence-electron chi connectivity index (χ2n) is 4.66. The van der Waals surface area contributed by atoms with E-state index >= 15 is 0 Å². The fourth-order valence-corrected chi connectivity index (χ4v) is 2.06. The van der Waals surface area contributed by atoms with Gasteiger partial charge in [-0.1, -0.05) is 23.7 Å². The minimum Gasteiger partial charge on any atom is -0.398 e. The van der Waals surface area contributed by atoms with Crippen LogP contribution in [-0.4, -0.2) is 17.4 Å². The molecule has 0 radical (unpaired) electrons. The van der Waals surface area contributed by atoms with Gasteiger partial charge >= 0.3 is 0 Å². The highest BCUT2D eigenvalue weighted by Gasteiger charge is 2.13. The summed E-state index contributed by atoms with van der Waals surface area (Å²) in [6.07, 6.45) is 0.649. The van der Waals surface area contributed by atoms with E-state index in [0.29, 0.717) is 18.0 Å².